The fourth-order valence-corrected chi connectivity index (χ4v) is 1.55. The molecule has 100 valence electrons. The first-order chi connectivity index (χ1) is 8.65. The molecule has 0 aromatic heterocycles. The summed E-state index contributed by atoms with van der Waals surface area (Å²) >= 11 is 3.23. The Labute approximate surface area is 113 Å². The lowest BCUT2D eigenvalue weighted by Crippen LogP contribution is -2.26. The van der Waals surface area contributed by atoms with E-state index in [-0.39, 0.29) is 11.3 Å². The number of amides is 1. The molecule has 6 heteroatoms. The van der Waals surface area contributed by atoms with Gasteiger partial charge >= 0.3 is 0 Å². The number of benzene rings is 1. The van der Waals surface area contributed by atoms with Gasteiger partial charge in [-0.15, -0.1) is 0 Å². The van der Waals surface area contributed by atoms with Crippen molar-refractivity contribution in [2.75, 3.05) is 25.1 Å². The molecule has 18 heavy (non-hydrogen) atoms. The molecule has 4 nitrogen and oxygen atoms in total. The number of phenols is 1. The van der Waals surface area contributed by atoms with Crippen molar-refractivity contribution in [3.05, 3.63) is 29.6 Å². The van der Waals surface area contributed by atoms with E-state index in [0.717, 1.165) is 11.4 Å². The Kier molecular flexibility index (Phi) is 6.67. The molecule has 0 radical (unpaired) electrons. The molecule has 1 rings (SSSR count). The molecule has 1 aromatic rings. The molecular weight excluding hydrogens is 305 g/mol. The summed E-state index contributed by atoms with van der Waals surface area (Å²) in [6.45, 7) is 1.59. The fourth-order valence-electron chi connectivity index (χ4n) is 1.32. The van der Waals surface area contributed by atoms with Crippen molar-refractivity contribution >= 4 is 21.8 Å². The Balaban J connectivity index is 2.32. The SMILES string of the molecule is O=C(NCCCOCCBr)c1ccc(O)cc1F. The van der Waals surface area contributed by atoms with Gasteiger partial charge in [0.2, 0.25) is 0 Å². The van der Waals surface area contributed by atoms with Crippen LogP contribution in [0.2, 0.25) is 0 Å². The maximum atomic E-state index is 13.3. The highest BCUT2D eigenvalue weighted by molar-refractivity contribution is 9.09. The summed E-state index contributed by atoms with van der Waals surface area (Å²) in [6, 6.07) is 3.44. The van der Waals surface area contributed by atoms with Crippen LogP contribution in [0.25, 0.3) is 0 Å². The van der Waals surface area contributed by atoms with Gasteiger partial charge in [-0.25, -0.2) is 4.39 Å². The van der Waals surface area contributed by atoms with Crippen molar-refractivity contribution in [2.45, 2.75) is 6.42 Å². The van der Waals surface area contributed by atoms with Crippen LogP contribution in [0.15, 0.2) is 18.2 Å². The van der Waals surface area contributed by atoms with Crippen LogP contribution in [-0.2, 0) is 4.74 Å². The smallest absolute Gasteiger partial charge is 0.254 e. The average Bonchev–Trinajstić information content (AvgIpc) is 2.33. The van der Waals surface area contributed by atoms with Crippen molar-refractivity contribution in [3.8, 4) is 5.75 Å². The number of nitrogens with one attached hydrogen (secondary N) is 1. The van der Waals surface area contributed by atoms with Crippen LogP contribution in [0.5, 0.6) is 5.75 Å². The third-order valence-corrected chi connectivity index (χ3v) is 2.49. The van der Waals surface area contributed by atoms with E-state index in [4.69, 9.17) is 9.84 Å². The molecule has 2 N–H and O–H groups in total. The summed E-state index contributed by atoms with van der Waals surface area (Å²) < 4.78 is 18.5. The molecule has 0 aliphatic carbocycles. The lowest BCUT2D eigenvalue weighted by Gasteiger charge is -2.06. The van der Waals surface area contributed by atoms with Gasteiger partial charge in [-0.1, -0.05) is 15.9 Å². The standard InChI is InChI=1S/C12H15BrFNO3/c13-4-7-18-6-1-5-15-12(17)10-3-2-9(16)8-11(10)14/h2-3,8,16H,1,4-7H2,(H,15,17). The Morgan fingerprint density at radius 2 is 2.22 bits per heavy atom. The van der Waals surface area contributed by atoms with Crippen molar-refractivity contribution < 1.29 is 19.0 Å². The summed E-state index contributed by atoms with van der Waals surface area (Å²) in [6.07, 6.45) is 0.665. The second kappa shape index (κ2) is 8.05. The first-order valence-corrected chi connectivity index (χ1v) is 6.67. The number of carbonyl (C=O) groups excluding carboxylic acids is 1. The van der Waals surface area contributed by atoms with Gasteiger partial charge in [-0.2, -0.15) is 0 Å². The molecule has 0 aliphatic rings. The zero-order chi connectivity index (χ0) is 13.4. The molecule has 0 bridgehead atoms. The molecule has 0 unspecified atom stereocenters. The normalized spacial score (nSPS) is 10.3. The van der Waals surface area contributed by atoms with E-state index in [1.54, 1.807) is 0 Å². The van der Waals surface area contributed by atoms with Crippen LogP contribution in [0.3, 0.4) is 0 Å². The highest BCUT2D eigenvalue weighted by atomic mass is 79.9. The van der Waals surface area contributed by atoms with Crippen LogP contribution in [-0.4, -0.2) is 36.1 Å². The van der Waals surface area contributed by atoms with Gasteiger partial charge in [-0.3, -0.25) is 4.79 Å². The Morgan fingerprint density at radius 3 is 2.89 bits per heavy atom. The Bertz CT molecular complexity index is 401. The summed E-state index contributed by atoms with van der Waals surface area (Å²) in [5.41, 5.74) is -0.0748. The maximum absolute atomic E-state index is 13.3. The van der Waals surface area contributed by atoms with E-state index in [0.29, 0.717) is 26.2 Å². The van der Waals surface area contributed by atoms with Crippen LogP contribution < -0.4 is 5.32 Å². The topological polar surface area (TPSA) is 58.6 Å². The lowest BCUT2D eigenvalue weighted by molar-refractivity contribution is 0.0940. The van der Waals surface area contributed by atoms with E-state index >= 15 is 0 Å². The largest absolute Gasteiger partial charge is 0.508 e. The van der Waals surface area contributed by atoms with Crippen molar-refractivity contribution in [1.82, 2.24) is 5.32 Å². The second-order valence-corrected chi connectivity index (χ2v) is 4.37. The van der Waals surface area contributed by atoms with E-state index in [2.05, 4.69) is 21.2 Å². The fraction of sp³-hybridized carbons (Fsp3) is 0.417. The monoisotopic (exact) mass is 319 g/mol. The third-order valence-electron chi connectivity index (χ3n) is 2.17. The number of halogens is 2. The number of ether oxygens (including phenoxy) is 1. The summed E-state index contributed by atoms with van der Waals surface area (Å²) in [7, 11) is 0. The summed E-state index contributed by atoms with van der Waals surface area (Å²) in [5.74, 6) is -1.43. The predicted molar refractivity (Wildman–Crippen MR) is 69.6 cm³/mol. The van der Waals surface area contributed by atoms with Gasteiger partial charge < -0.3 is 15.2 Å². The predicted octanol–water partition coefficient (Wildman–Crippen LogP) is 2.06. The van der Waals surface area contributed by atoms with E-state index in [9.17, 15) is 9.18 Å². The molecule has 1 amide bonds. The van der Waals surface area contributed by atoms with Gasteiger partial charge in [0.25, 0.3) is 5.91 Å². The minimum Gasteiger partial charge on any atom is -0.508 e. The molecule has 1 aromatic carbocycles. The van der Waals surface area contributed by atoms with Gasteiger partial charge in [0, 0.05) is 24.5 Å². The number of rotatable bonds is 7. The summed E-state index contributed by atoms with van der Waals surface area (Å²) in [4.78, 5) is 11.6. The van der Waals surface area contributed by atoms with Crippen molar-refractivity contribution in [3.63, 3.8) is 0 Å². The molecule has 0 spiro atoms. The number of aromatic hydroxyl groups is 1. The van der Waals surface area contributed by atoms with Gasteiger partial charge in [0.1, 0.15) is 11.6 Å². The molecule has 0 saturated heterocycles. The van der Waals surface area contributed by atoms with E-state index in [1.807, 2.05) is 0 Å². The Morgan fingerprint density at radius 1 is 1.44 bits per heavy atom. The zero-order valence-electron chi connectivity index (χ0n) is 9.79. The van der Waals surface area contributed by atoms with Crippen molar-refractivity contribution in [1.29, 1.82) is 0 Å². The maximum Gasteiger partial charge on any atom is 0.254 e. The van der Waals surface area contributed by atoms with E-state index in [1.165, 1.54) is 12.1 Å². The number of hydrogen-bond donors (Lipinski definition) is 2. The first-order valence-electron chi connectivity index (χ1n) is 5.55. The average molecular weight is 320 g/mol. The minimum absolute atomic E-state index is 0.0748. The van der Waals surface area contributed by atoms with Crippen molar-refractivity contribution in [2.24, 2.45) is 0 Å². The number of alkyl halides is 1. The molecule has 0 heterocycles. The molecule has 0 atom stereocenters. The number of hydrogen-bond acceptors (Lipinski definition) is 3. The lowest BCUT2D eigenvalue weighted by atomic mass is 10.2. The third kappa shape index (κ3) is 5.01. The second-order valence-electron chi connectivity index (χ2n) is 3.57. The van der Waals surface area contributed by atoms with Crippen LogP contribution >= 0.6 is 15.9 Å². The van der Waals surface area contributed by atoms with E-state index < -0.39 is 11.7 Å². The summed E-state index contributed by atoms with van der Waals surface area (Å²) in [5, 5.41) is 12.4. The Hall–Kier alpha value is -1.14. The molecule has 0 aliphatic heterocycles. The number of phenolic OH excluding ortho intramolecular Hbond substituents is 1. The molecular formula is C12H15BrFNO3. The van der Waals surface area contributed by atoms with Crippen LogP contribution in [0.4, 0.5) is 4.39 Å². The number of carbonyl (C=O) groups is 1. The molecule has 0 saturated carbocycles. The first kappa shape index (κ1) is 14.9. The zero-order valence-corrected chi connectivity index (χ0v) is 11.4. The minimum atomic E-state index is -0.733. The van der Waals surface area contributed by atoms with Gasteiger partial charge in [0.15, 0.2) is 0 Å². The van der Waals surface area contributed by atoms with Gasteiger partial charge in [0.05, 0.1) is 12.2 Å². The van der Waals surface area contributed by atoms with Crippen LogP contribution in [0.1, 0.15) is 16.8 Å². The quantitative estimate of drug-likeness (QED) is 0.597. The highest BCUT2D eigenvalue weighted by Crippen LogP contribution is 2.14. The molecule has 0 fully saturated rings. The van der Waals surface area contributed by atoms with Crippen LogP contribution in [0, 0.1) is 5.82 Å². The van der Waals surface area contributed by atoms with Gasteiger partial charge in [-0.05, 0) is 18.6 Å². The highest BCUT2D eigenvalue weighted by Gasteiger charge is 2.11.